The van der Waals surface area contributed by atoms with Crippen molar-refractivity contribution in [2.75, 3.05) is 18.5 Å². The summed E-state index contributed by atoms with van der Waals surface area (Å²) in [5, 5.41) is 14.8. The Morgan fingerprint density at radius 2 is 2.20 bits per heavy atom. The molecule has 0 aliphatic carbocycles. The minimum Gasteiger partial charge on any atom is -0.382 e. The summed E-state index contributed by atoms with van der Waals surface area (Å²) in [5.74, 6) is 0. The quantitative estimate of drug-likeness (QED) is 0.932. The largest absolute Gasteiger partial charge is 0.382 e. The Morgan fingerprint density at radius 3 is 3.00 bits per heavy atom. The van der Waals surface area contributed by atoms with Crippen molar-refractivity contribution < 1.29 is 5.11 Å². The van der Waals surface area contributed by atoms with Crippen molar-refractivity contribution in [2.24, 2.45) is 0 Å². The number of anilines is 1. The molecule has 1 aromatic heterocycles. The van der Waals surface area contributed by atoms with E-state index in [1.165, 1.54) is 17.7 Å². The summed E-state index contributed by atoms with van der Waals surface area (Å²) in [7, 11) is 2.13. The van der Waals surface area contributed by atoms with Crippen LogP contribution in [0.4, 0.5) is 5.69 Å². The maximum absolute atomic E-state index is 10.6. The molecule has 0 bridgehead atoms. The molecule has 3 rings (SSSR count). The van der Waals surface area contributed by atoms with Crippen molar-refractivity contribution in [1.82, 2.24) is 9.78 Å². The molecule has 2 aromatic rings. The first-order valence-electron chi connectivity index (χ1n) is 7.24. The first kappa shape index (κ1) is 13.2. The second-order valence-electron chi connectivity index (χ2n) is 5.39. The van der Waals surface area contributed by atoms with Crippen molar-refractivity contribution in [2.45, 2.75) is 32.4 Å². The average molecular weight is 271 g/mol. The van der Waals surface area contributed by atoms with Gasteiger partial charge in [-0.2, -0.15) is 5.10 Å². The van der Waals surface area contributed by atoms with Gasteiger partial charge in [-0.15, -0.1) is 0 Å². The number of rotatable bonds is 3. The van der Waals surface area contributed by atoms with E-state index in [2.05, 4.69) is 29.2 Å². The summed E-state index contributed by atoms with van der Waals surface area (Å²) in [6, 6.07) is 8.18. The lowest BCUT2D eigenvalue weighted by Gasteiger charge is -2.28. The topological polar surface area (TPSA) is 41.3 Å². The van der Waals surface area contributed by atoms with Gasteiger partial charge in [0.1, 0.15) is 6.10 Å². The van der Waals surface area contributed by atoms with Gasteiger partial charge in [-0.05, 0) is 43.0 Å². The van der Waals surface area contributed by atoms with Crippen LogP contribution in [-0.2, 0) is 13.0 Å². The highest BCUT2D eigenvalue weighted by atomic mass is 16.3. The van der Waals surface area contributed by atoms with Gasteiger partial charge < -0.3 is 10.0 Å². The Morgan fingerprint density at radius 1 is 1.35 bits per heavy atom. The van der Waals surface area contributed by atoms with Crippen LogP contribution in [-0.4, -0.2) is 28.5 Å². The Balaban J connectivity index is 1.95. The zero-order valence-electron chi connectivity index (χ0n) is 12.1. The van der Waals surface area contributed by atoms with E-state index in [4.69, 9.17) is 0 Å². The fourth-order valence-electron chi connectivity index (χ4n) is 2.99. The maximum Gasteiger partial charge on any atom is 0.121 e. The Hall–Kier alpha value is -1.81. The fraction of sp³-hybridized carbons (Fsp3) is 0.438. The molecule has 1 aliphatic heterocycles. The summed E-state index contributed by atoms with van der Waals surface area (Å²) >= 11 is 0. The smallest absolute Gasteiger partial charge is 0.121 e. The molecule has 0 fully saturated rings. The fourth-order valence-corrected chi connectivity index (χ4v) is 2.99. The predicted octanol–water partition coefficient (Wildman–Crippen LogP) is 2.37. The Bertz CT molecular complexity index is 606. The normalized spacial score (nSPS) is 16.1. The van der Waals surface area contributed by atoms with Gasteiger partial charge in [0.2, 0.25) is 0 Å². The number of aliphatic hydroxyl groups is 1. The molecule has 0 amide bonds. The number of nitrogens with zero attached hydrogens (tertiary/aromatic N) is 3. The van der Waals surface area contributed by atoms with E-state index >= 15 is 0 Å². The molecule has 0 spiro atoms. The van der Waals surface area contributed by atoms with E-state index in [0.717, 1.165) is 30.8 Å². The van der Waals surface area contributed by atoms with Crippen LogP contribution in [0.5, 0.6) is 0 Å². The Kier molecular flexibility index (Phi) is 3.49. The van der Waals surface area contributed by atoms with Crippen LogP contribution in [0.15, 0.2) is 30.5 Å². The summed E-state index contributed by atoms with van der Waals surface area (Å²) in [4.78, 5) is 2.28. The number of hydrogen-bond acceptors (Lipinski definition) is 3. The minimum atomic E-state index is -0.602. The summed E-state index contributed by atoms with van der Waals surface area (Å²) in [6.45, 7) is 3.91. The summed E-state index contributed by atoms with van der Waals surface area (Å²) in [5.41, 5.74) is 4.43. The van der Waals surface area contributed by atoms with Gasteiger partial charge in [0.15, 0.2) is 0 Å². The molecular weight excluding hydrogens is 250 g/mol. The van der Waals surface area contributed by atoms with Gasteiger partial charge in [0, 0.05) is 32.0 Å². The zero-order valence-corrected chi connectivity index (χ0v) is 12.1. The number of aliphatic hydroxyl groups excluding tert-OH is 1. The molecule has 1 aromatic carbocycles. The van der Waals surface area contributed by atoms with Gasteiger partial charge in [-0.25, -0.2) is 0 Å². The van der Waals surface area contributed by atoms with E-state index in [1.807, 2.05) is 23.7 Å². The van der Waals surface area contributed by atoms with Crippen LogP contribution in [0.25, 0.3) is 0 Å². The molecule has 0 radical (unpaired) electrons. The standard InChI is InChI=1S/C16H21N3O/c1-3-19-15(8-9-17-19)16(20)13-6-7-14-12(11-13)5-4-10-18(14)2/h6-9,11,16,20H,3-5,10H2,1-2H3. The zero-order chi connectivity index (χ0) is 14.1. The second kappa shape index (κ2) is 5.29. The van der Waals surface area contributed by atoms with Crippen molar-refractivity contribution >= 4 is 5.69 Å². The molecule has 1 atom stereocenters. The lowest BCUT2D eigenvalue weighted by molar-refractivity contribution is 0.208. The van der Waals surface area contributed by atoms with Crippen molar-refractivity contribution in [3.63, 3.8) is 0 Å². The number of benzene rings is 1. The van der Waals surface area contributed by atoms with Crippen LogP contribution >= 0.6 is 0 Å². The number of fused-ring (bicyclic) bond motifs is 1. The van der Waals surface area contributed by atoms with Crippen LogP contribution in [0.2, 0.25) is 0 Å². The lowest BCUT2D eigenvalue weighted by atomic mass is 9.96. The average Bonchev–Trinajstić information content (AvgIpc) is 2.95. The van der Waals surface area contributed by atoms with Crippen molar-refractivity contribution in [1.29, 1.82) is 0 Å². The van der Waals surface area contributed by atoms with Crippen LogP contribution in [0, 0.1) is 0 Å². The Labute approximate surface area is 119 Å². The van der Waals surface area contributed by atoms with Gasteiger partial charge in [-0.1, -0.05) is 12.1 Å². The predicted molar refractivity (Wildman–Crippen MR) is 80.0 cm³/mol. The van der Waals surface area contributed by atoms with Gasteiger partial charge >= 0.3 is 0 Å². The van der Waals surface area contributed by atoms with Gasteiger partial charge in [0.05, 0.1) is 5.69 Å². The number of aryl methyl sites for hydroxylation is 2. The third-order valence-corrected chi connectivity index (χ3v) is 4.10. The molecule has 0 saturated heterocycles. The molecule has 2 heterocycles. The van der Waals surface area contributed by atoms with E-state index in [-0.39, 0.29) is 0 Å². The third-order valence-electron chi connectivity index (χ3n) is 4.10. The highest BCUT2D eigenvalue weighted by Gasteiger charge is 2.19. The second-order valence-corrected chi connectivity index (χ2v) is 5.39. The first-order chi connectivity index (χ1) is 9.70. The number of hydrogen-bond donors (Lipinski definition) is 1. The molecule has 0 saturated carbocycles. The molecule has 1 unspecified atom stereocenters. The van der Waals surface area contributed by atoms with E-state index in [1.54, 1.807) is 6.20 Å². The van der Waals surface area contributed by atoms with E-state index in [9.17, 15) is 5.11 Å². The highest BCUT2D eigenvalue weighted by molar-refractivity contribution is 5.56. The summed E-state index contributed by atoms with van der Waals surface area (Å²) < 4.78 is 1.84. The molecule has 4 nitrogen and oxygen atoms in total. The first-order valence-corrected chi connectivity index (χ1v) is 7.24. The molecular formula is C16H21N3O. The maximum atomic E-state index is 10.6. The molecule has 106 valence electrons. The molecule has 1 N–H and O–H groups in total. The van der Waals surface area contributed by atoms with Crippen LogP contribution < -0.4 is 4.90 Å². The van der Waals surface area contributed by atoms with Crippen molar-refractivity contribution in [3.05, 3.63) is 47.3 Å². The van der Waals surface area contributed by atoms with Gasteiger partial charge in [0.25, 0.3) is 0 Å². The minimum absolute atomic E-state index is 0.602. The number of aromatic nitrogens is 2. The lowest BCUT2D eigenvalue weighted by Crippen LogP contribution is -2.24. The summed E-state index contributed by atoms with van der Waals surface area (Å²) in [6.07, 6.45) is 3.41. The molecule has 4 heteroatoms. The molecule has 1 aliphatic rings. The SMILES string of the molecule is CCn1nccc1C(O)c1ccc2c(c1)CCCN2C. The van der Waals surface area contributed by atoms with Crippen molar-refractivity contribution in [3.8, 4) is 0 Å². The van der Waals surface area contributed by atoms with E-state index in [0.29, 0.717) is 0 Å². The monoisotopic (exact) mass is 271 g/mol. The third kappa shape index (κ3) is 2.20. The highest BCUT2D eigenvalue weighted by Crippen LogP contribution is 2.30. The van der Waals surface area contributed by atoms with Crippen LogP contribution in [0.3, 0.4) is 0 Å². The molecule has 20 heavy (non-hydrogen) atoms. The van der Waals surface area contributed by atoms with Crippen LogP contribution in [0.1, 0.15) is 36.3 Å². The van der Waals surface area contributed by atoms with Gasteiger partial charge in [-0.3, -0.25) is 4.68 Å². The van der Waals surface area contributed by atoms with E-state index < -0.39 is 6.10 Å².